The van der Waals surface area contributed by atoms with Crippen LogP contribution < -0.4 is 16.2 Å². The average molecular weight is 342 g/mol. The monoisotopic (exact) mass is 342 g/mol. The molecule has 1 aliphatic heterocycles. The topological polar surface area (TPSA) is 66.4 Å². The van der Waals surface area contributed by atoms with Gasteiger partial charge in [-0.05, 0) is 49.4 Å². The molecule has 6 nitrogen and oxygen atoms in total. The number of aryl methyl sites for hydroxylation is 1. The van der Waals surface area contributed by atoms with Crippen LogP contribution in [-0.2, 0) is 7.05 Å². The summed E-state index contributed by atoms with van der Waals surface area (Å²) in [6.45, 7) is 5.38. The second-order valence-corrected chi connectivity index (χ2v) is 6.75. The van der Waals surface area contributed by atoms with Gasteiger partial charge in [0, 0.05) is 43.4 Å². The molecule has 134 valence electrons. The number of rotatable bonds is 4. The van der Waals surface area contributed by atoms with E-state index < -0.39 is 0 Å². The first-order valence-corrected chi connectivity index (χ1v) is 8.96. The number of aromatic nitrogens is 1. The zero-order valence-electron chi connectivity index (χ0n) is 14.9. The summed E-state index contributed by atoms with van der Waals surface area (Å²) in [7, 11) is 1.72. The number of amides is 2. The SMILES string of the molecule is CCCN1CCC(NC(=O)Nc2ccc3ccn(C)c(=O)c3c2)CC1. The predicted octanol–water partition coefficient (Wildman–Crippen LogP) is 2.53. The Morgan fingerprint density at radius 3 is 2.72 bits per heavy atom. The van der Waals surface area contributed by atoms with E-state index >= 15 is 0 Å². The first kappa shape index (κ1) is 17.5. The standard InChI is InChI=1S/C19H26N4O2/c1-3-9-23-11-7-15(8-12-23)20-19(25)21-16-5-4-14-6-10-22(2)18(24)17(14)13-16/h4-6,10,13,15H,3,7-9,11-12H2,1-2H3,(H2,20,21,25). The number of nitrogens with zero attached hydrogens (tertiary/aromatic N) is 2. The Kier molecular flexibility index (Phi) is 5.38. The van der Waals surface area contributed by atoms with Crippen molar-refractivity contribution < 1.29 is 4.79 Å². The van der Waals surface area contributed by atoms with Crippen LogP contribution in [0.25, 0.3) is 10.8 Å². The number of carbonyl (C=O) groups excluding carboxylic acids is 1. The van der Waals surface area contributed by atoms with E-state index in [4.69, 9.17) is 0 Å². The second-order valence-electron chi connectivity index (χ2n) is 6.75. The van der Waals surface area contributed by atoms with E-state index in [9.17, 15) is 9.59 Å². The predicted molar refractivity (Wildman–Crippen MR) is 101 cm³/mol. The molecule has 0 unspecified atom stereocenters. The largest absolute Gasteiger partial charge is 0.335 e. The molecule has 2 N–H and O–H groups in total. The number of piperidine rings is 1. The van der Waals surface area contributed by atoms with Crippen molar-refractivity contribution in [3.63, 3.8) is 0 Å². The van der Waals surface area contributed by atoms with E-state index in [-0.39, 0.29) is 17.6 Å². The normalized spacial score (nSPS) is 16.1. The van der Waals surface area contributed by atoms with Crippen LogP contribution in [0.1, 0.15) is 26.2 Å². The third-order valence-electron chi connectivity index (χ3n) is 4.80. The molecular weight excluding hydrogens is 316 g/mol. The lowest BCUT2D eigenvalue weighted by Gasteiger charge is -2.32. The fraction of sp³-hybridized carbons (Fsp3) is 0.474. The molecule has 6 heteroatoms. The van der Waals surface area contributed by atoms with Crippen LogP contribution in [-0.4, -0.2) is 41.2 Å². The number of fused-ring (bicyclic) bond motifs is 1. The fourth-order valence-corrected chi connectivity index (χ4v) is 3.38. The van der Waals surface area contributed by atoms with Crippen molar-refractivity contribution in [3.05, 3.63) is 40.8 Å². The number of carbonyl (C=O) groups is 1. The summed E-state index contributed by atoms with van der Waals surface area (Å²) < 4.78 is 1.54. The number of pyridine rings is 1. The molecule has 0 saturated carbocycles. The van der Waals surface area contributed by atoms with E-state index in [1.54, 1.807) is 19.3 Å². The molecule has 2 aromatic rings. The van der Waals surface area contributed by atoms with Crippen LogP contribution in [0.3, 0.4) is 0 Å². The molecule has 0 atom stereocenters. The Balaban J connectivity index is 1.61. The van der Waals surface area contributed by atoms with E-state index in [1.807, 2.05) is 18.2 Å². The van der Waals surface area contributed by atoms with Gasteiger partial charge in [0.15, 0.2) is 0 Å². The van der Waals surface area contributed by atoms with Gasteiger partial charge in [-0.2, -0.15) is 0 Å². The van der Waals surface area contributed by atoms with Crippen LogP contribution in [0.5, 0.6) is 0 Å². The van der Waals surface area contributed by atoms with Gasteiger partial charge in [0.25, 0.3) is 5.56 Å². The fourth-order valence-electron chi connectivity index (χ4n) is 3.38. The van der Waals surface area contributed by atoms with E-state index in [1.165, 1.54) is 11.0 Å². The Morgan fingerprint density at radius 1 is 1.24 bits per heavy atom. The molecule has 25 heavy (non-hydrogen) atoms. The van der Waals surface area contributed by atoms with Gasteiger partial charge in [0.1, 0.15) is 0 Å². The number of urea groups is 1. The van der Waals surface area contributed by atoms with E-state index in [0.29, 0.717) is 11.1 Å². The molecule has 0 bridgehead atoms. The lowest BCUT2D eigenvalue weighted by atomic mass is 10.1. The molecule has 2 heterocycles. The van der Waals surface area contributed by atoms with Crippen molar-refractivity contribution in [2.75, 3.05) is 25.0 Å². The van der Waals surface area contributed by atoms with Gasteiger partial charge in [0.05, 0.1) is 0 Å². The van der Waals surface area contributed by atoms with Gasteiger partial charge in [-0.1, -0.05) is 13.0 Å². The molecule has 0 radical (unpaired) electrons. The molecular formula is C19H26N4O2. The molecule has 0 spiro atoms. The third-order valence-corrected chi connectivity index (χ3v) is 4.80. The molecule has 1 saturated heterocycles. The van der Waals surface area contributed by atoms with Gasteiger partial charge < -0.3 is 20.1 Å². The van der Waals surface area contributed by atoms with Gasteiger partial charge >= 0.3 is 6.03 Å². The molecule has 1 aliphatic rings. The highest BCUT2D eigenvalue weighted by molar-refractivity contribution is 5.93. The minimum absolute atomic E-state index is 0.0649. The van der Waals surface area contributed by atoms with Crippen molar-refractivity contribution >= 4 is 22.5 Å². The summed E-state index contributed by atoms with van der Waals surface area (Å²) in [6.07, 6.45) is 4.87. The minimum atomic E-state index is -0.207. The molecule has 3 rings (SSSR count). The zero-order valence-corrected chi connectivity index (χ0v) is 14.9. The highest BCUT2D eigenvalue weighted by Gasteiger charge is 2.20. The summed E-state index contributed by atoms with van der Waals surface area (Å²) in [6, 6.07) is 7.31. The Hall–Kier alpha value is -2.34. The molecule has 1 aromatic heterocycles. The van der Waals surface area contributed by atoms with E-state index in [0.717, 1.165) is 37.9 Å². The minimum Gasteiger partial charge on any atom is -0.335 e. The smallest absolute Gasteiger partial charge is 0.319 e. The molecule has 1 aromatic carbocycles. The Labute approximate surface area is 147 Å². The van der Waals surface area contributed by atoms with Crippen molar-refractivity contribution in [2.45, 2.75) is 32.2 Å². The summed E-state index contributed by atoms with van der Waals surface area (Å²) in [4.78, 5) is 26.9. The highest BCUT2D eigenvalue weighted by Crippen LogP contribution is 2.16. The number of hydrogen-bond donors (Lipinski definition) is 2. The Bertz CT molecular complexity index is 807. The summed E-state index contributed by atoms with van der Waals surface area (Å²) in [5, 5.41) is 7.38. The van der Waals surface area contributed by atoms with E-state index in [2.05, 4.69) is 22.5 Å². The van der Waals surface area contributed by atoms with Gasteiger partial charge in [-0.15, -0.1) is 0 Å². The number of benzene rings is 1. The third kappa shape index (κ3) is 4.20. The van der Waals surface area contributed by atoms with Crippen molar-refractivity contribution in [1.29, 1.82) is 0 Å². The summed E-state index contributed by atoms with van der Waals surface area (Å²) >= 11 is 0. The van der Waals surface area contributed by atoms with Crippen LogP contribution in [0.15, 0.2) is 35.3 Å². The number of anilines is 1. The maximum atomic E-state index is 12.3. The maximum absolute atomic E-state index is 12.3. The zero-order chi connectivity index (χ0) is 17.8. The first-order chi connectivity index (χ1) is 12.1. The summed E-state index contributed by atoms with van der Waals surface area (Å²) in [5.74, 6) is 0. The van der Waals surface area contributed by atoms with Crippen LogP contribution >= 0.6 is 0 Å². The van der Waals surface area contributed by atoms with Crippen LogP contribution in [0.4, 0.5) is 10.5 Å². The van der Waals surface area contributed by atoms with Gasteiger partial charge in [-0.25, -0.2) is 4.79 Å². The second kappa shape index (κ2) is 7.70. The number of hydrogen-bond acceptors (Lipinski definition) is 3. The number of nitrogens with one attached hydrogen (secondary N) is 2. The Morgan fingerprint density at radius 2 is 2.00 bits per heavy atom. The van der Waals surface area contributed by atoms with Gasteiger partial charge in [-0.3, -0.25) is 4.79 Å². The van der Waals surface area contributed by atoms with Crippen molar-refractivity contribution in [2.24, 2.45) is 7.05 Å². The maximum Gasteiger partial charge on any atom is 0.319 e. The summed E-state index contributed by atoms with van der Waals surface area (Å²) in [5.41, 5.74) is 0.571. The lowest BCUT2D eigenvalue weighted by Crippen LogP contribution is -2.46. The number of likely N-dealkylation sites (tertiary alicyclic amines) is 1. The van der Waals surface area contributed by atoms with Crippen LogP contribution in [0, 0.1) is 0 Å². The lowest BCUT2D eigenvalue weighted by molar-refractivity contribution is 0.196. The molecule has 2 amide bonds. The highest BCUT2D eigenvalue weighted by atomic mass is 16.2. The average Bonchev–Trinajstić information content (AvgIpc) is 2.60. The van der Waals surface area contributed by atoms with Crippen molar-refractivity contribution in [3.8, 4) is 0 Å². The molecule has 0 aliphatic carbocycles. The van der Waals surface area contributed by atoms with Crippen LogP contribution in [0.2, 0.25) is 0 Å². The first-order valence-electron chi connectivity index (χ1n) is 8.96. The van der Waals surface area contributed by atoms with Gasteiger partial charge in [0.2, 0.25) is 0 Å². The quantitative estimate of drug-likeness (QED) is 0.897. The molecule has 1 fully saturated rings. The van der Waals surface area contributed by atoms with Crippen molar-refractivity contribution in [1.82, 2.24) is 14.8 Å².